The zero-order valence-corrected chi connectivity index (χ0v) is 17.1. The fraction of sp³-hybridized carbons (Fsp3) is 0.217. The molecule has 0 radical (unpaired) electrons. The lowest BCUT2D eigenvalue weighted by molar-refractivity contribution is 0.0734. The van der Waals surface area contributed by atoms with E-state index in [0.717, 1.165) is 24.2 Å². The number of amides is 1. The number of aromatic nitrogens is 1. The van der Waals surface area contributed by atoms with Crippen molar-refractivity contribution in [3.63, 3.8) is 0 Å². The Hall–Kier alpha value is -2.89. The Kier molecular flexibility index (Phi) is 6.52. The van der Waals surface area contributed by atoms with Gasteiger partial charge in [-0.25, -0.2) is 4.98 Å². The van der Waals surface area contributed by atoms with E-state index in [1.165, 1.54) is 11.1 Å². The van der Waals surface area contributed by atoms with E-state index in [1.807, 2.05) is 54.3 Å². The van der Waals surface area contributed by atoms with Crippen molar-refractivity contribution in [1.29, 1.82) is 0 Å². The van der Waals surface area contributed by atoms with Gasteiger partial charge in [0.25, 0.3) is 5.91 Å². The molecule has 6 heteroatoms. The van der Waals surface area contributed by atoms with Crippen molar-refractivity contribution >= 4 is 18.3 Å². The molecule has 2 heterocycles. The van der Waals surface area contributed by atoms with Crippen LogP contribution in [-0.2, 0) is 19.5 Å². The molecule has 1 aliphatic rings. The summed E-state index contributed by atoms with van der Waals surface area (Å²) in [5, 5.41) is 0. The number of nitrogens with two attached hydrogens (primary N) is 1. The fourth-order valence-corrected chi connectivity index (χ4v) is 3.54. The molecular weight excluding hydrogens is 386 g/mol. The Morgan fingerprint density at radius 3 is 2.69 bits per heavy atom. The van der Waals surface area contributed by atoms with Crippen LogP contribution >= 0.6 is 12.4 Å². The maximum Gasteiger partial charge on any atom is 0.254 e. The molecule has 5 nitrogen and oxygen atoms in total. The van der Waals surface area contributed by atoms with Crippen molar-refractivity contribution in [3.05, 3.63) is 88.6 Å². The predicted molar refractivity (Wildman–Crippen MR) is 116 cm³/mol. The average Bonchev–Trinajstić information content (AvgIpc) is 2.72. The van der Waals surface area contributed by atoms with E-state index in [9.17, 15) is 4.79 Å². The minimum Gasteiger partial charge on any atom is -0.439 e. The molecule has 0 aliphatic carbocycles. The first-order chi connectivity index (χ1) is 13.6. The monoisotopic (exact) mass is 409 g/mol. The highest BCUT2D eigenvalue weighted by atomic mass is 35.5. The van der Waals surface area contributed by atoms with Gasteiger partial charge in [0.05, 0.1) is 0 Å². The van der Waals surface area contributed by atoms with Gasteiger partial charge in [-0.3, -0.25) is 4.79 Å². The van der Waals surface area contributed by atoms with Gasteiger partial charge in [-0.1, -0.05) is 30.3 Å². The number of pyridine rings is 1. The molecule has 3 aromatic rings. The number of halogens is 1. The maximum absolute atomic E-state index is 13.0. The van der Waals surface area contributed by atoms with Crippen LogP contribution in [-0.4, -0.2) is 22.3 Å². The smallest absolute Gasteiger partial charge is 0.254 e. The van der Waals surface area contributed by atoms with Crippen molar-refractivity contribution in [1.82, 2.24) is 9.88 Å². The van der Waals surface area contributed by atoms with E-state index in [0.29, 0.717) is 30.3 Å². The summed E-state index contributed by atoms with van der Waals surface area (Å²) in [6.07, 6.45) is 0.882. The summed E-state index contributed by atoms with van der Waals surface area (Å²) in [4.78, 5) is 19.3. The largest absolute Gasteiger partial charge is 0.439 e. The lowest BCUT2D eigenvalue weighted by Crippen LogP contribution is -2.35. The van der Waals surface area contributed by atoms with Crippen LogP contribution in [0.4, 0.5) is 0 Å². The topological polar surface area (TPSA) is 68.5 Å². The summed E-state index contributed by atoms with van der Waals surface area (Å²) in [6, 6.07) is 19.3. The summed E-state index contributed by atoms with van der Waals surface area (Å²) >= 11 is 0. The molecule has 2 N–H and O–H groups in total. The molecule has 0 spiro atoms. The third-order valence-electron chi connectivity index (χ3n) is 4.95. The molecule has 29 heavy (non-hydrogen) atoms. The predicted octanol–water partition coefficient (Wildman–Crippen LogP) is 4.26. The van der Waals surface area contributed by atoms with Gasteiger partial charge in [-0.05, 0) is 54.3 Å². The van der Waals surface area contributed by atoms with Crippen LogP contribution in [0.3, 0.4) is 0 Å². The number of hydrogen-bond donors (Lipinski definition) is 1. The number of aryl methyl sites for hydroxylation is 1. The van der Waals surface area contributed by atoms with E-state index in [-0.39, 0.29) is 18.3 Å². The van der Waals surface area contributed by atoms with Crippen LogP contribution in [0.5, 0.6) is 11.6 Å². The molecule has 4 rings (SSSR count). The average molecular weight is 410 g/mol. The molecule has 0 fully saturated rings. The van der Waals surface area contributed by atoms with Gasteiger partial charge in [0.1, 0.15) is 5.75 Å². The number of nitrogens with zero attached hydrogens (tertiary/aromatic N) is 2. The van der Waals surface area contributed by atoms with Gasteiger partial charge in [-0.2, -0.15) is 0 Å². The summed E-state index contributed by atoms with van der Waals surface area (Å²) in [6.45, 7) is 3.69. The van der Waals surface area contributed by atoms with E-state index in [1.54, 1.807) is 6.07 Å². The first kappa shape index (κ1) is 20.8. The van der Waals surface area contributed by atoms with Gasteiger partial charge in [0.15, 0.2) is 0 Å². The van der Waals surface area contributed by atoms with Crippen molar-refractivity contribution in [2.45, 2.75) is 26.4 Å². The fourth-order valence-electron chi connectivity index (χ4n) is 3.54. The molecule has 1 aliphatic heterocycles. The van der Waals surface area contributed by atoms with Crippen LogP contribution in [0.15, 0.2) is 60.7 Å². The molecule has 0 atom stereocenters. The van der Waals surface area contributed by atoms with E-state index >= 15 is 0 Å². The second-order valence-electron chi connectivity index (χ2n) is 7.03. The minimum absolute atomic E-state index is 0. The summed E-state index contributed by atoms with van der Waals surface area (Å²) in [5.74, 6) is 1.08. The Bertz CT molecular complexity index is 1020. The van der Waals surface area contributed by atoms with Gasteiger partial charge in [0.2, 0.25) is 5.88 Å². The number of hydrogen-bond acceptors (Lipinski definition) is 4. The summed E-state index contributed by atoms with van der Waals surface area (Å²) in [7, 11) is 0. The highest BCUT2D eigenvalue weighted by Gasteiger charge is 2.21. The Balaban J connectivity index is 0.00000240. The zero-order chi connectivity index (χ0) is 19.5. The standard InChI is InChI=1S/C23H23N3O2.ClH/c1-16-11-17(14-24)12-22(25-16)28-21-8-4-7-19(13-21)23(27)26-10-9-18-5-2-3-6-20(18)15-26;/h2-8,11-13H,9-10,14-15,24H2,1H3;1H. The van der Waals surface area contributed by atoms with Gasteiger partial charge >= 0.3 is 0 Å². The van der Waals surface area contributed by atoms with E-state index < -0.39 is 0 Å². The summed E-state index contributed by atoms with van der Waals surface area (Å²) in [5.41, 5.74) is 10.7. The van der Waals surface area contributed by atoms with Crippen molar-refractivity contribution in [3.8, 4) is 11.6 Å². The number of fused-ring (bicyclic) bond motifs is 1. The van der Waals surface area contributed by atoms with E-state index in [2.05, 4.69) is 17.1 Å². The number of ether oxygens (including phenoxy) is 1. The Morgan fingerprint density at radius 2 is 1.90 bits per heavy atom. The molecule has 1 aromatic heterocycles. The van der Waals surface area contributed by atoms with E-state index in [4.69, 9.17) is 10.5 Å². The molecular formula is C23H24ClN3O2. The van der Waals surface area contributed by atoms with Crippen molar-refractivity contribution < 1.29 is 9.53 Å². The molecule has 0 saturated heterocycles. The lowest BCUT2D eigenvalue weighted by Gasteiger charge is -2.29. The molecule has 0 unspecified atom stereocenters. The van der Waals surface area contributed by atoms with Gasteiger partial charge < -0.3 is 15.4 Å². The van der Waals surface area contributed by atoms with Gasteiger partial charge in [-0.15, -0.1) is 12.4 Å². The number of benzene rings is 2. The quantitative estimate of drug-likeness (QED) is 0.699. The first-order valence-electron chi connectivity index (χ1n) is 9.44. The second-order valence-corrected chi connectivity index (χ2v) is 7.03. The highest BCUT2D eigenvalue weighted by molar-refractivity contribution is 5.94. The number of carbonyl (C=O) groups excluding carboxylic acids is 1. The van der Waals surface area contributed by atoms with Crippen molar-refractivity contribution in [2.24, 2.45) is 5.73 Å². The van der Waals surface area contributed by atoms with Crippen LogP contribution in [0, 0.1) is 6.92 Å². The highest BCUT2D eigenvalue weighted by Crippen LogP contribution is 2.25. The Labute approximate surface area is 176 Å². The molecule has 0 bridgehead atoms. The second kappa shape index (κ2) is 9.07. The van der Waals surface area contributed by atoms with Crippen LogP contribution in [0.1, 0.15) is 32.7 Å². The molecule has 0 saturated carbocycles. The van der Waals surface area contributed by atoms with Gasteiger partial charge in [0, 0.05) is 37.0 Å². The normalized spacial score (nSPS) is 12.7. The van der Waals surface area contributed by atoms with Crippen LogP contribution < -0.4 is 10.5 Å². The first-order valence-corrected chi connectivity index (χ1v) is 9.44. The zero-order valence-electron chi connectivity index (χ0n) is 16.3. The third-order valence-corrected chi connectivity index (χ3v) is 4.95. The van der Waals surface area contributed by atoms with Crippen LogP contribution in [0.2, 0.25) is 0 Å². The van der Waals surface area contributed by atoms with Crippen LogP contribution in [0.25, 0.3) is 0 Å². The molecule has 2 aromatic carbocycles. The minimum atomic E-state index is 0. The SMILES string of the molecule is Cc1cc(CN)cc(Oc2cccc(C(=O)N3CCc4ccccc4C3)c2)n1.Cl. The van der Waals surface area contributed by atoms with Crippen molar-refractivity contribution in [2.75, 3.05) is 6.54 Å². The number of carbonyl (C=O) groups is 1. The molecule has 1 amide bonds. The number of rotatable bonds is 4. The third kappa shape index (κ3) is 4.75. The maximum atomic E-state index is 13.0. The lowest BCUT2D eigenvalue weighted by atomic mass is 9.99. The summed E-state index contributed by atoms with van der Waals surface area (Å²) < 4.78 is 5.90. The Morgan fingerprint density at radius 1 is 1.10 bits per heavy atom. The molecule has 150 valence electrons.